The van der Waals surface area contributed by atoms with Gasteiger partial charge in [0.1, 0.15) is 12.4 Å². The van der Waals surface area contributed by atoms with Gasteiger partial charge in [-0.15, -0.1) is 0 Å². The molecule has 3 aliphatic heterocycles. The zero-order valence-electron chi connectivity index (χ0n) is 25.4. The summed E-state index contributed by atoms with van der Waals surface area (Å²) in [5.41, 5.74) is -2.10. The second kappa shape index (κ2) is 13.0. The number of hydrogen-bond donors (Lipinski definition) is 2. The molecule has 2 N–H and O–H groups in total. The van der Waals surface area contributed by atoms with E-state index in [1.165, 1.54) is 19.2 Å². The van der Waals surface area contributed by atoms with E-state index in [-0.39, 0.29) is 94.8 Å². The molecule has 0 bridgehead atoms. The van der Waals surface area contributed by atoms with Crippen molar-refractivity contribution in [2.24, 2.45) is 5.92 Å². The molecule has 16 heteroatoms. The first-order valence-electron chi connectivity index (χ1n) is 14.1. The first-order chi connectivity index (χ1) is 20.3. The first kappa shape index (κ1) is 35.4. The monoisotopic (exact) mass is 642 g/mol. The predicted octanol–water partition coefficient (Wildman–Crippen LogP) is -6.84. The van der Waals surface area contributed by atoms with E-state index in [2.05, 4.69) is 5.32 Å². The summed E-state index contributed by atoms with van der Waals surface area (Å²) in [5.74, 6) is -5.00. The Morgan fingerprint density at radius 3 is 2.42 bits per heavy atom. The van der Waals surface area contributed by atoms with Crippen molar-refractivity contribution in [3.8, 4) is 0 Å². The third-order valence-corrected chi connectivity index (χ3v) is 9.29. The van der Waals surface area contributed by atoms with E-state index in [0.29, 0.717) is 18.5 Å². The molecular weight excluding hydrogens is 613 g/mol. The van der Waals surface area contributed by atoms with Crippen molar-refractivity contribution in [2.75, 3.05) is 24.6 Å². The van der Waals surface area contributed by atoms with Crippen molar-refractivity contribution < 1.29 is 103 Å². The van der Waals surface area contributed by atoms with E-state index in [9.17, 15) is 39.3 Å². The average molecular weight is 643 g/mol. The zero-order valence-corrected chi connectivity index (χ0v) is 29.4. The van der Waals surface area contributed by atoms with E-state index >= 15 is 4.39 Å². The minimum absolute atomic E-state index is 0. The Bertz CT molecular complexity index is 1690. The van der Waals surface area contributed by atoms with Crippen LogP contribution in [0.4, 0.5) is 14.9 Å². The van der Waals surface area contributed by atoms with Crippen molar-refractivity contribution in [1.29, 1.82) is 0 Å². The minimum Gasteiger partial charge on any atom is -0.545 e. The van der Waals surface area contributed by atoms with E-state index < -0.39 is 76.7 Å². The molecule has 2 aromatic rings. The molecule has 2 saturated heterocycles. The number of carboxylic acids is 2. The fourth-order valence-corrected chi connectivity index (χ4v) is 6.83. The molecule has 4 atom stereocenters. The SMILES string of the molecule is C[C@H](O)[C@@]12CC(=O)N1C(C(=O)[O-])=C(COC(=O)NC1CCN(c3cc4c(cc3F)c(=O)c(C(=O)[O-])cn4C3CC3)C1)[C@@H]2C.[Na+].[Na+]. The van der Waals surface area contributed by atoms with Gasteiger partial charge in [-0.3, -0.25) is 9.59 Å². The number of aliphatic hydroxyl groups excluding tert-OH is 1. The molecule has 228 valence electrons. The van der Waals surface area contributed by atoms with Crippen LogP contribution >= 0.6 is 0 Å². The van der Waals surface area contributed by atoms with Crippen LogP contribution in [0.3, 0.4) is 0 Å². The molecule has 0 radical (unpaired) electrons. The molecule has 1 aliphatic carbocycles. The number of aliphatic hydroxyl groups is 1. The number of benzene rings is 1. The van der Waals surface area contributed by atoms with Crippen molar-refractivity contribution in [3.63, 3.8) is 0 Å². The summed E-state index contributed by atoms with van der Waals surface area (Å²) in [4.78, 5) is 63.8. The number of nitrogens with one attached hydrogen (secondary N) is 1. The van der Waals surface area contributed by atoms with Gasteiger partial charge < -0.3 is 49.3 Å². The molecule has 3 fully saturated rings. The molecule has 6 rings (SSSR count). The molecule has 1 unspecified atom stereocenters. The van der Waals surface area contributed by atoms with Crippen LogP contribution in [0, 0.1) is 11.7 Å². The summed E-state index contributed by atoms with van der Waals surface area (Å²) in [6.45, 7) is 3.27. The Kier molecular flexibility index (Phi) is 10.2. The van der Waals surface area contributed by atoms with Crippen LogP contribution in [0.1, 0.15) is 55.9 Å². The number of β-lactam (4-membered cyclic amide) rings is 1. The molecule has 1 saturated carbocycles. The van der Waals surface area contributed by atoms with Crippen LogP contribution in [0.5, 0.6) is 0 Å². The summed E-state index contributed by atoms with van der Waals surface area (Å²) < 4.78 is 22.3. The van der Waals surface area contributed by atoms with Crippen molar-refractivity contribution in [3.05, 3.63) is 51.2 Å². The summed E-state index contributed by atoms with van der Waals surface area (Å²) in [6, 6.07) is 2.10. The smallest absolute Gasteiger partial charge is 0.545 e. The number of halogens is 1. The Morgan fingerprint density at radius 2 is 1.84 bits per heavy atom. The van der Waals surface area contributed by atoms with E-state index in [4.69, 9.17) is 4.74 Å². The van der Waals surface area contributed by atoms with Crippen LogP contribution in [0.15, 0.2) is 34.4 Å². The fourth-order valence-electron chi connectivity index (χ4n) is 6.83. The second-order valence-corrected chi connectivity index (χ2v) is 11.7. The average Bonchev–Trinajstić information content (AvgIpc) is 3.63. The number of carbonyl (C=O) groups excluding carboxylic acids is 4. The number of nitrogens with zero attached hydrogens (tertiary/aromatic N) is 3. The summed E-state index contributed by atoms with van der Waals surface area (Å²) >= 11 is 0. The predicted molar refractivity (Wildman–Crippen MR) is 143 cm³/mol. The normalized spacial score (nSPS) is 24.4. The summed E-state index contributed by atoms with van der Waals surface area (Å²) in [5, 5.41) is 36.4. The fraction of sp³-hybridized carbons (Fsp3) is 0.483. The maximum Gasteiger partial charge on any atom is 1.00 e. The van der Waals surface area contributed by atoms with Gasteiger partial charge in [-0.25, -0.2) is 9.18 Å². The van der Waals surface area contributed by atoms with E-state index in [1.54, 1.807) is 16.4 Å². The number of fused-ring (bicyclic) bond motifs is 2. The first-order valence-corrected chi connectivity index (χ1v) is 14.1. The number of carbonyl (C=O) groups is 4. The molecule has 4 aliphatic rings. The van der Waals surface area contributed by atoms with Crippen LogP contribution < -0.4 is 85.0 Å². The maximum absolute atomic E-state index is 15.3. The Hall–Kier alpha value is -2.46. The number of amides is 2. The standard InChI is InChI=1S/C29H31FN4O9.2Na/c1-13-19(24(27(40)41)34-23(36)9-29(13,34)14(2)35)12-43-28(42)31-15-5-6-32(10-15)22-8-21-17(7-20(22)30)25(37)18(26(38)39)11-33(21)16-3-4-16;;/h7-8,11,13-16,35H,3-6,9-10,12H2,1-2H3,(H,31,42)(H,38,39)(H,40,41);;/q;2*+1/p-2/t13-,14-,15?,29-;;/m0../s1. The minimum atomic E-state index is -1.62. The maximum atomic E-state index is 15.3. The molecule has 45 heavy (non-hydrogen) atoms. The Morgan fingerprint density at radius 1 is 1.16 bits per heavy atom. The number of carboxylic acid groups (broad SMARTS) is 2. The van der Waals surface area contributed by atoms with Crippen LogP contribution in [0.2, 0.25) is 0 Å². The number of aromatic nitrogens is 1. The number of aromatic carboxylic acids is 1. The van der Waals surface area contributed by atoms with Gasteiger partial charge in [0, 0.05) is 36.6 Å². The van der Waals surface area contributed by atoms with E-state index in [0.717, 1.165) is 23.8 Å². The molecule has 1 aromatic carbocycles. The van der Waals surface area contributed by atoms with E-state index in [1.807, 2.05) is 0 Å². The molecule has 4 heterocycles. The van der Waals surface area contributed by atoms with Crippen molar-refractivity contribution in [2.45, 2.75) is 63.3 Å². The molecule has 1 aromatic heterocycles. The summed E-state index contributed by atoms with van der Waals surface area (Å²) in [7, 11) is 0. The Balaban J connectivity index is 0.00000230. The van der Waals surface area contributed by atoms with Crippen molar-refractivity contribution >= 4 is 40.5 Å². The van der Waals surface area contributed by atoms with Gasteiger partial charge in [-0.1, -0.05) is 6.92 Å². The zero-order chi connectivity index (χ0) is 31.0. The molecule has 0 spiro atoms. The number of aliphatic carboxylic acids is 1. The number of alkyl carbamates (subject to hydrolysis) is 1. The third-order valence-electron chi connectivity index (χ3n) is 9.29. The number of pyridine rings is 1. The number of ether oxygens (including phenoxy) is 1. The summed E-state index contributed by atoms with van der Waals surface area (Å²) in [6.07, 6.45) is 1.35. The topological polar surface area (TPSA) is 184 Å². The number of rotatable bonds is 8. The van der Waals surface area contributed by atoms with Gasteiger partial charge in [-0.05, 0) is 43.9 Å². The van der Waals surface area contributed by atoms with Crippen LogP contribution in [0.25, 0.3) is 10.9 Å². The van der Waals surface area contributed by atoms with Gasteiger partial charge in [0.15, 0.2) is 5.43 Å². The molecule has 13 nitrogen and oxygen atoms in total. The van der Waals surface area contributed by atoms with Crippen LogP contribution in [-0.2, 0) is 14.3 Å². The van der Waals surface area contributed by atoms with Gasteiger partial charge >= 0.3 is 65.2 Å². The van der Waals surface area contributed by atoms with Crippen LogP contribution in [-0.4, -0.2) is 75.9 Å². The quantitative estimate of drug-likeness (QED) is 0.207. The van der Waals surface area contributed by atoms with Crippen molar-refractivity contribution in [1.82, 2.24) is 14.8 Å². The largest absolute Gasteiger partial charge is 1.00 e. The number of anilines is 1. The van der Waals surface area contributed by atoms with Gasteiger partial charge in [0.05, 0.1) is 58.5 Å². The second-order valence-electron chi connectivity index (χ2n) is 11.7. The Labute approximate surface area is 300 Å². The third kappa shape index (κ3) is 5.83. The number of hydrogen-bond acceptors (Lipinski definition) is 10. The molecular formula is C29H29FN4Na2O9. The van der Waals surface area contributed by atoms with Gasteiger partial charge in [0.2, 0.25) is 5.91 Å². The van der Waals surface area contributed by atoms with Gasteiger partial charge in [0.25, 0.3) is 0 Å². The van der Waals surface area contributed by atoms with Gasteiger partial charge in [-0.2, -0.15) is 0 Å². The molecule has 2 amide bonds.